The Morgan fingerprint density at radius 2 is 2.11 bits per heavy atom. The van der Waals surface area contributed by atoms with Gasteiger partial charge >= 0.3 is 0 Å². The van der Waals surface area contributed by atoms with E-state index in [0.29, 0.717) is 6.54 Å². The predicted octanol–water partition coefficient (Wildman–Crippen LogP) is 2.51. The number of hydrogen-bond acceptors (Lipinski definition) is 6. The van der Waals surface area contributed by atoms with E-state index < -0.39 is 0 Å². The Bertz CT molecular complexity index is 527. The maximum atomic E-state index is 5.68. The Kier molecular flexibility index (Phi) is 4.95. The van der Waals surface area contributed by atoms with E-state index in [1.807, 2.05) is 6.92 Å². The van der Waals surface area contributed by atoms with E-state index >= 15 is 0 Å². The maximum absolute atomic E-state index is 5.68. The van der Waals surface area contributed by atoms with Crippen LogP contribution in [0.1, 0.15) is 34.7 Å². The number of aryl methyl sites for hydroxylation is 2. The number of nitrogens with two attached hydrogens (primary N) is 1. The van der Waals surface area contributed by atoms with Crippen molar-refractivity contribution in [3.05, 3.63) is 21.4 Å². The van der Waals surface area contributed by atoms with E-state index in [0.717, 1.165) is 40.4 Å². The largest absolute Gasteiger partial charge is 0.324 e. The van der Waals surface area contributed by atoms with Gasteiger partial charge in [-0.1, -0.05) is 18.7 Å². The molecule has 104 valence electrons. The summed E-state index contributed by atoms with van der Waals surface area (Å²) >= 11 is 3.43. The average molecular weight is 297 g/mol. The van der Waals surface area contributed by atoms with Crippen molar-refractivity contribution in [1.82, 2.24) is 19.7 Å². The van der Waals surface area contributed by atoms with Gasteiger partial charge < -0.3 is 10.3 Å². The number of hydrogen-bond donors (Lipinski definition) is 1. The summed E-state index contributed by atoms with van der Waals surface area (Å²) in [5, 5.41) is 10.4. The summed E-state index contributed by atoms with van der Waals surface area (Å²) in [7, 11) is 0. The summed E-state index contributed by atoms with van der Waals surface area (Å²) in [6.45, 7) is 7.64. The minimum absolute atomic E-state index is 0.434. The fourth-order valence-corrected chi connectivity index (χ4v) is 3.66. The fraction of sp³-hybridized carbons (Fsp3) is 0.583. The molecule has 0 amide bonds. The van der Waals surface area contributed by atoms with Crippen LogP contribution in [0, 0.1) is 13.8 Å². The van der Waals surface area contributed by atoms with E-state index in [-0.39, 0.29) is 0 Å². The molecule has 0 radical (unpaired) electrons. The molecule has 0 spiro atoms. The monoisotopic (exact) mass is 297 g/mol. The summed E-state index contributed by atoms with van der Waals surface area (Å²) in [4.78, 5) is 5.83. The van der Waals surface area contributed by atoms with Gasteiger partial charge in [0, 0.05) is 11.4 Å². The maximum Gasteiger partial charge on any atom is 0.191 e. The van der Waals surface area contributed by atoms with Crippen LogP contribution in [0.15, 0.2) is 5.16 Å². The topological polar surface area (TPSA) is 69.6 Å². The van der Waals surface area contributed by atoms with Crippen molar-refractivity contribution >= 4 is 23.1 Å². The predicted molar refractivity (Wildman–Crippen MR) is 79.4 cm³/mol. The first-order valence-corrected chi connectivity index (χ1v) is 8.13. The molecule has 0 aliphatic rings. The molecule has 0 aromatic carbocycles. The van der Waals surface area contributed by atoms with Gasteiger partial charge in [-0.2, -0.15) is 0 Å². The lowest BCUT2D eigenvalue weighted by Gasteiger charge is -2.06. The molecule has 0 fully saturated rings. The molecule has 5 nitrogen and oxygen atoms in total. The number of thioether (sulfide) groups is 1. The first kappa shape index (κ1) is 14.5. The van der Waals surface area contributed by atoms with Crippen LogP contribution in [-0.4, -0.2) is 19.7 Å². The van der Waals surface area contributed by atoms with Crippen LogP contribution in [0.4, 0.5) is 0 Å². The fourth-order valence-electron chi connectivity index (χ4n) is 1.75. The van der Waals surface area contributed by atoms with E-state index in [4.69, 9.17) is 5.73 Å². The zero-order chi connectivity index (χ0) is 13.8. The minimum Gasteiger partial charge on any atom is -0.324 e. The van der Waals surface area contributed by atoms with E-state index in [1.165, 1.54) is 4.88 Å². The Balaban J connectivity index is 2.08. The second kappa shape index (κ2) is 6.49. The summed E-state index contributed by atoms with van der Waals surface area (Å²) in [5.41, 5.74) is 6.81. The standard InChI is InChI=1S/C12H19N5S2/c1-4-5-17-10(6-13)15-16-12(17)18-7-11-14-8(2)9(3)19-11/h4-7,13H2,1-3H3. The molecule has 0 unspecified atom stereocenters. The van der Waals surface area contributed by atoms with Crippen LogP contribution in [0.2, 0.25) is 0 Å². The van der Waals surface area contributed by atoms with Gasteiger partial charge in [-0.3, -0.25) is 0 Å². The quantitative estimate of drug-likeness (QED) is 0.830. The molecule has 2 heterocycles. The summed E-state index contributed by atoms with van der Waals surface area (Å²) < 4.78 is 2.11. The van der Waals surface area contributed by atoms with Gasteiger partial charge in [0.05, 0.1) is 18.0 Å². The summed E-state index contributed by atoms with van der Waals surface area (Å²) in [6, 6.07) is 0. The summed E-state index contributed by atoms with van der Waals surface area (Å²) in [5.74, 6) is 1.70. The molecule has 0 aliphatic carbocycles. The van der Waals surface area contributed by atoms with E-state index in [1.54, 1.807) is 23.1 Å². The molecule has 0 bridgehead atoms. The first-order chi connectivity index (χ1) is 9.15. The van der Waals surface area contributed by atoms with Crippen LogP contribution in [-0.2, 0) is 18.8 Å². The van der Waals surface area contributed by atoms with Gasteiger partial charge in [0.2, 0.25) is 0 Å². The third-order valence-corrected chi connectivity index (χ3v) is 5.05. The van der Waals surface area contributed by atoms with Gasteiger partial charge in [-0.15, -0.1) is 21.5 Å². The Labute approximate surface area is 121 Å². The molecule has 0 atom stereocenters. The summed E-state index contributed by atoms with van der Waals surface area (Å²) in [6.07, 6.45) is 1.05. The Morgan fingerprint density at radius 1 is 1.32 bits per heavy atom. The van der Waals surface area contributed by atoms with Crippen molar-refractivity contribution in [2.24, 2.45) is 5.73 Å². The molecule has 0 saturated heterocycles. The second-order valence-electron chi connectivity index (χ2n) is 4.29. The molecule has 0 saturated carbocycles. The highest BCUT2D eigenvalue weighted by molar-refractivity contribution is 7.98. The molecular formula is C12H19N5S2. The zero-order valence-corrected chi connectivity index (χ0v) is 13.1. The van der Waals surface area contributed by atoms with Crippen molar-refractivity contribution in [3.8, 4) is 0 Å². The van der Waals surface area contributed by atoms with Crippen LogP contribution in [0.5, 0.6) is 0 Å². The molecule has 19 heavy (non-hydrogen) atoms. The minimum atomic E-state index is 0.434. The smallest absolute Gasteiger partial charge is 0.191 e. The van der Waals surface area contributed by atoms with E-state index in [2.05, 4.69) is 33.6 Å². The molecule has 2 aromatic heterocycles. The normalized spacial score (nSPS) is 11.2. The van der Waals surface area contributed by atoms with Crippen molar-refractivity contribution in [1.29, 1.82) is 0 Å². The Hall–Kier alpha value is -0.920. The van der Waals surface area contributed by atoms with Gasteiger partial charge in [-0.05, 0) is 20.3 Å². The van der Waals surface area contributed by atoms with Crippen LogP contribution in [0.3, 0.4) is 0 Å². The molecule has 0 aliphatic heterocycles. The van der Waals surface area contributed by atoms with Gasteiger partial charge in [0.15, 0.2) is 5.16 Å². The van der Waals surface area contributed by atoms with Crippen molar-refractivity contribution in [2.45, 2.75) is 51.2 Å². The van der Waals surface area contributed by atoms with Crippen molar-refractivity contribution < 1.29 is 0 Å². The lowest BCUT2D eigenvalue weighted by molar-refractivity contribution is 0.592. The van der Waals surface area contributed by atoms with Crippen LogP contribution < -0.4 is 5.73 Å². The van der Waals surface area contributed by atoms with Gasteiger partial charge in [0.1, 0.15) is 10.8 Å². The molecule has 2 aromatic rings. The molecule has 2 rings (SSSR count). The molecule has 7 heteroatoms. The number of aromatic nitrogens is 4. The SMILES string of the molecule is CCCn1c(CN)nnc1SCc1nc(C)c(C)s1. The Morgan fingerprint density at radius 3 is 2.68 bits per heavy atom. The number of nitrogens with zero attached hydrogens (tertiary/aromatic N) is 4. The second-order valence-corrected chi connectivity index (χ2v) is 6.52. The van der Waals surface area contributed by atoms with Gasteiger partial charge in [0.25, 0.3) is 0 Å². The zero-order valence-electron chi connectivity index (χ0n) is 11.5. The van der Waals surface area contributed by atoms with Gasteiger partial charge in [-0.25, -0.2) is 4.98 Å². The third kappa shape index (κ3) is 3.34. The highest BCUT2D eigenvalue weighted by Crippen LogP contribution is 2.26. The van der Waals surface area contributed by atoms with Crippen LogP contribution >= 0.6 is 23.1 Å². The van der Waals surface area contributed by atoms with Crippen LogP contribution in [0.25, 0.3) is 0 Å². The highest BCUT2D eigenvalue weighted by Gasteiger charge is 2.12. The molecule has 2 N–H and O–H groups in total. The highest BCUT2D eigenvalue weighted by atomic mass is 32.2. The van der Waals surface area contributed by atoms with E-state index in [9.17, 15) is 0 Å². The number of rotatable bonds is 6. The first-order valence-electron chi connectivity index (χ1n) is 6.33. The lowest BCUT2D eigenvalue weighted by atomic mass is 10.4. The third-order valence-electron chi connectivity index (χ3n) is 2.82. The van der Waals surface area contributed by atoms with Crippen molar-refractivity contribution in [2.75, 3.05) is 0 Å². The molecular weight excluding hydrogens is 278 g/mol. The number of thiazole rings is 1. The van der Waals surface area contributed by atoms with Crippen molar-refractivity contribution in [3.63, 3.8) is 0 Å². The average Bonchev–Trinajstić information content (AvgIpc) is 2.92. The lowest BCUT2D eigenvalue weighted by Crippen LogP contribution is -2.09.